The SMILES string of the molecule is CC(=O)OC(C1C(C(=O)OCc2cccc(Oc3ccccc3)c2)C1(C)C)C(Cl)(Cl)C(F)(F)F. The van der Waals surface area contributed by atoms with Crippen LogP contribution in [0.5, 0.6) is 11.5 Å². The van der Waals surface area contributed by atoms with Gasteiger partial charge >= 0.3 is 18.1 Å². The van der Waals surface area contributed by atoms with Gasteiger partial charge in [0, 0.05) is 12.8 Å². The molecule has 0 heterocycles. The molecule has 1 fully saturated rings. The van der Waals surface area contributed by atoms with Gasteiger partial charge in [-0.3, -0.25) is 9.59 Å². The minimum absolute atomic E-state index is 0.130. The van der Waals surface area contributed by atoms with E-state index >= 15 is 0 Å². The maximum atomic E-state index is 13.5. The van der Waals surface area contributed by atoms with E-state index in [1.807, 2.05) is 18.2 Å². The summed E-state index contributed by atoms with van der Waals surface area (Å²) in [6, 6.07) is 15.9. The lowest BCUT2D eigenvalue weighted by Gasteiger charge is -2.32. The number of alkyl halides is 5. The van der Waals surface area contributed by atoms with Crippen LogP contribution < -0.4 is 4.74 Å². The second-order valence-corrected chi connectivity index (χ2v) is 10.0. The maximum absolute atomic E-state index is 13.5. The lowest BCUT2D eigenvalue weighted by molar-refractivity contribution is -0.181. The Morgan fingerprint density at radius 3 is 2.24 bits per heavy atom. The number of ether oxygens (including phenoxy) is 3. The Kier molecular flexibility index (Phi) is 7.43. The Labute approximate surface area is 205 Å². The molecule has 3 rings (SSSR count). The average molecular weight is 519 g/mol. The molecule has 0 radical (unpaired) electrons. The van der Waals surface area contributed by atoms with Gasteiger partial charge in [-0.05, 0) is 35.2 Å². The normalized spacial score (nSPS) is 20.2. The van der Waals surface area contributed by atoms with E-state index < -0.39 is 45.8 Å². The van der Waals surface area contributed by atoms with Crippen molar-refractivity contribution in [1.29, 1.82) is 0 Å². The minimum Gasteiger partial charge on any atom is -0.461 e. The molecule has 0 aromatic heterocycles. The van der Waals surface area contributed by atoms with Crippen molar-refractivity contribution in [3.8, 4) is 11.5 Å². The quantitative estimate of drug-likeness (QED) is 0.296. The zero-order chi connectivity index (χ0) is 25.3. The summed E-state index contributed by atoms with van der Waals surface area (Å²) in [6.45, 7) is 3.94. The molecule has 0 N–H and O–H groups in total. The lowest BCUT2D eigenvalue weighted by atomic mass is 10.0. The zero-order valence-electron chi connectivity index (χ0n) is 18.6. The molecule has 0 aliphatic heterocycles. The molecule has 0 amide bonds. The fourth-order valence-corrected chi connectivity index (χ4v) is 4.33. The molecule has 34 heavy (non-hydrogen) atoms. The van der Waals surface area contributed by atoms with Gasteiger partial charge in [0.05, 0.1) is 5.92 Å². The van der Waals surface area contributed by atoms with Crippen LogP contribution in [0, 0.1) is 17.3 Å². The number of hydrogen-bond donors (Lipinski definition) is 0. The third-order valence-electron chi connectivity index (χ3n) is 5.78. The summed E-state index contributed by atoms with van der Waals surface area (Å²) < 4.78 is 53.0. The number of rotatable bonds is 8. The van der Waals surface area contributed by atoms with Gasteiger partial charge in [0.1, 0.15) is 24.2 Å². The van der Waals surface area contributed by atoms with Gasteiger partial charge in [-0.15, -0.1) is 0 Å². The predicted octanol–water partition coefficient (Wildman–Crippen LogP) is 6.46. The molecule has 2 aromatic carbocycles. The van der Waals surface area contributed by atoms with E-state index in [1.54, 1.807) is 50.2 Å². The largest absolute Gasteiger partial charge is 0.461 e. The molecule has 3 atom stereocenters. The van der Waals surface area contributed by atoms with Crippen molar-refractivity contribution in [1.82, 2.24) is 0 Å². The van der Waals surface area contributed by atoms with E-state index in [2.05, 4.69) is 0 Å². The monoisotopic (exact) mass is 518 g/mol. The Morgan fingerprint density at radius 1 is 1.03 bits per heavy atom. The van der Waals surface area contributed by atoms with Crippen LogP contribution in [-0.2, 0) is 25.7 Å². The van der Waals surface area contributed by atoms with Crippen LogP contribution in [0.4, 0.5) is 13.2 Å². The van der Waals surface area contributed by atoms with Crippen LogP contribution in [0.2, 0.25) is 0 Å². The smallest absolute Gasteiger partial charge is 0.425 e. The fraction of sp³-hybridized carbons (Fsp3) is 0.417. The van der Waals surface area contributed by atoms with E-state index in [4.69, 9.17) is 37.4 Å². The summed E-state index contributed by atoms with van der Waals surface area (Å²) in [4.78, 5) is 24.3. The van der Waals surface area contributed by atoms with Gasteiger partial charge in [-0.1, -0.05) is 67.4 Å². The fourth-order valence-electron chi connectivity index (χ4n) is 3.97. The van der Waals surface area contributed by atoms with Crippen molar-refractivity contribution in [3.05, 3.63) is 60.2 Å². The van der Waals surface area contributed by atoms with Crippen LogP contribution in [-0.4, -0.2) is 28.6 Å². The van der Waals surface area contributed by atoms with Gasteiger partial charge in [-0.2, -0.15) is 13.2 Å². The number of carbonyl (C=O) groups excluding carboxylic acids is 2. The third kappa shape index (κ3) is 5.61. The first-order valence-electron chi connectivity index (χ1n) is 10.4. The van der Waals surface area contributed by atoms with Crippen LogP contribution >= 0.6 is 23.2 Å². The van der Waals surface area contributed by atoms with Crippen molar-refractivity contribution in [2.45, 2.75) is 44.0 Å². The highest BCUT2D eigenvalue weighted by Gasteiger charge is 2.74. The molecule has 184 valence electrons. The van der Waals surface area contributed by atoms with Crippen LogP contribution in [0.1, 0.15) is 26.3 Å². The molecule has 5 nitrogen and oxygen atoms in total. The molecule has 1 aliphatic carbocycles. The molecule has 1 saturated carbocycles. The van der Waals surface area contributed by atoms with Crippen LogP contribution in [0.3, 0.4) is 0 Å². The van der Waals surface area contributed by atoms with Crippen LogP contribution in [0.25, 0.3) is 0 Å². The number of carbonyl (C=O) groups is 2. The Morgan fingerprint density at radius 2 is 1.65 bits per heavy atom. The highest BCUT2D eigenvalue weighted by molar-refractivity contribution is 6.49. The van der Waals surface area contributed by atoms with E-state index in [0.717, 1.165) is 6.92 Å². The molecule has 0 bridgehead atoms. The molecule has 2 aromatic rings. The predicted molar refractivity (Wildman–Crippen MR) is 120 cm³/mol. The van der Waals surface area contributed by atoms with E-state index in [0.29, 0.717) is 17.1 Å². The highest BCUT2D eigenvalue weighted by Crippen LogP contribution is 2.65. The van der Waals surface area contributed by atoms with Crippen LogP contribution in [0.15, 0.2) is 54.6 Å². The Balaban J connectivity index is 1.70. The molecule has 0 saturated heterocycles. The number of para-hydroxylation sites is 1. The molecular weight excluding hydrogens is 496 g/mol. The van der Waals surface area contributed by atoms with Crippen molar-refractivity contribution >= 4 is 35.1 Å². The summed E-state index contributed by atoms with van der Waals surface area (Å²) in [7, 11) is 0. The standard InChI is InChI=1S/C24H23Cl2F3O5/c1-14(30)33-20(23(25,26)24(27,28)29)18-19(22(18,2)3)21(31)32-13-15-8-7-11-17(12-15)34-16-9-5-4-6-10-16/h4-12,18-20H,13H2,1-3H3. The average Bonchev–Trinajstić information content (AvgIpc) is 3.31. The van der Waals surface area contributed by atoms with Crippen molar-refractivity contribution < 1.29 is 37.0 Å². The number of benzene rings is 2. The van der Waals surface area contributed by atoms with E-state index in [9.17, 15) is 22.8 Å². The molecule has 10 heteroatoms. The third-order valence-corrected chi connectivity index (χ3v) is 6.64. The van der Waals surface area contributed by atoms with Crippen molar-refractivity contribution in [3.63, 3.8) is 0 Å². The number of halogens is 5. The Bertz CT molecular complexity index is 1040. The van der Waals surface area contributed by atoms with E-state index in [-0.39, 0.29) is 6.61 Å². The summed E-state index contributed by atoms with van der Waals surface area (Å²) >= 11 is 11.2. The summed E-state index contributed by atoms with van der Waals surface area (Å²) in [5.74, 6) is -2.67. The number of hydrogen-bond acceptors (Lipinski definition) is 5. The first-order valence-corrected chi connectivity index (χ1v) is 11.1. The lowest BCUT2D eigenvalue weighted by Crippen LogP contribution is -2.49. The van der Waals surface area contributed by atoms with Crippen molar-refractivity contribution in [2.75, 3.05) is 0 Å². The van der Waals surface area contributed by atoms with E-state index in [1.165, 1.54) is 0 Å². The van der Waals surface area contributed by atoms with Gasteiger partial charge < -0.3 is 14.2 Å². The zero-order valence-corrected chi connectivity index (χ0v) is 20.1. The minimum atomic E-state index is -5.09. The summed E-state index contributed by atoms with van der Waals surface area (Å²) in [6.07, 6.45) is -7.08. The molecule has 1 aliphatic rings. The summed E-state index contributed by atoms with van der Waals surface area (Å²) in [5, 5.41) is 0. The van der Waals surface area contributed by atoms with Gasteiger partial charge in [0.2, 0.25) is 4.33 Å². The molecular formula is C24H23Cl2F3O5. The van der Waals surface area contributed by atoms with Gasteiger partial charge in [0.15, 0.2) is 0 Å². The molecule has 3 unspecified atom stereocenters. The topological polar surface area (TPSA) is 61.8 Å². The van der Waals surface area contributed by atoms with Gasteiger partial charge in [0.25, 0.3) is 0 Å². The summed E-state index contributed by atoms with van der Waals surface area (Å²) in [5.41, 5.74) is -0.372. The first-order chi connectivity index (χ1) is 15.7. The highest BCUT2D eigenvalue weighted by atomic mass is 35.5. The second-order valence-electron chi connectivity index (χ2n) is 8.65. The Hall–Kier alpha value is -2.45. The molecule has 0 spiro atoms. The van der Waals surface area contributed by atoms with Crippen molar-refractivity contribution in [2.24, 2.45) is 17.3 Å². The van der Waals surface area contributed by atoms with Gasteiger partial charge in [-0.25, -0.2) is 0 Å². The second kappa shape index (κ2) is 9.66. The first kappa shape index (κ1) is 26.2. The maximum Gasteiger partial charge on any atom is 0.425 e. The number of esters is 2.